The number of aromatic amines is 1. The number of allylic oxidation sites excluding steroid dienone is 1. The van der Waals surface area contributed by atoms with Crippen LogP contribution in [0.15, 0.2) is 32.9 Å². The smallest absolute Gasteiger partial charge is 0.274 e. The van der Waals surface area contributed by atoms with Gasteiger partial charge in [-0.2, -0.15) is 0 Å². The molecule has 2 N–H and O–H groups in total. The molecule has 0 fully saturated rings. The Morgan fingerprint density at radius 2 is 2.00 bits per heavy atom. The van der Waals surface area contributed by atoms with Crippen molar-refractivity contribution >= 4 is 21.5 Å². The Bertz CT molecular complexity index is 1180. The van der Waals surface area contributed by atoms with Crippen LogP contribution in [0.1, 0.15) is 23.6 Å². The normalized spacial score (nSPS) is 15.1. The summed E-state index contributed by atoms with van der Waals surface area (Å²) in [6.45, 7) is 5.69. The number of nitrogens with one attached hydrogen (secondary N) is 2. The lowest BCUT2D eigenvalue weighted by Gasteiger charge is -2.24. The molecule has 1 aliphatic heterocycles. The summed E-state index contributed by atoms with van der Waals surface area (Å²) in [5, 5.41) is 2.89. The van der Waals surface area contributed by atoms with Gasteiger partial charge in [-0.1, -0.05) is 0 Å². The molecule has 1 aromatic carbocycles. The van der Waals surface area contributed by atoms with Gasteiger partial charge in [0, 0.05) is 18.3 Å². The van der Waals surface area contributed by atoms with E-state index in [9.17, 15) is 18.0 Å². The molecule has 0 unspecified atom stereocenters. The van der Waals surface area contributed by atoms with Crippen molar-refractivity contribution in [3.63, 3.8) is 0 Å². The molecule has 1 aromatic heterocycles. The maximum Gasteiger partial charge on any atom is 0.274 e. The number of carbonyl (C=O) groups excluding carboxylic acids is 1. The summed E-state index contributed by atoms with van der Waals surface area (Å²) in [5.74, 6) is 1.48. The first-order valence-electron chi connectivity index (χ1n) is 8.21. The Balaban J connectivity index is 2.42. The molecule has 0 atom stereocenters. The van der Waals surface area contributed by atoms with E-state index in [1.807, 2.05) is 6.92 Å². The minimum atomic E-state index is -4.02. The summed E-state index contributed by atoms with van der Waals surface area (Å²) in [4.78, 5) is 28.3. The average molecular weight is 389 g/mol. The number of aryl methyl sites for hydroxylation is 2. The molecule has 8 nitrogen and oxygen atoms in total. The van der Waals surface area contributed by atoms with Gasteiger partial charge in [0.1, 0.15) is 5.94 Å². The fraction of sp³-hybridized carbons (Fsp3) is 0.278. The predicted molar refractivity (Wildman–Crippen MR) is 100 cm³/mol. The van der Waals surface area contributed by atoms with Crippen LogP contribution in [0.5, 0.6) is 0 Å². The van der Waals surface area contributed by atoms with Gasteiger partial charge in [-0.25, -0.2) is 13.2 Å². The quantitative estimate of drug-likeness (QED) is 0.605. The van der Waals surface area contributed by atoms with E-state index in [0.29, 0.717) is 40.1 Å². The van der Waals surface area contributed by atoms with Gasteiger partial charge in [0.15, 0.2) is 4.91 Å². The Kier molecular flexibility index (Phi) is 4.69. The van der Waals surface area contributed by atoms with Gasteiger partial charge < -0.3 is 5.10 Å². The minimum Gasteiger partial charge on any atom is -0.302 e. The molecule has 27 heavy (non-hydrogen) atoms. The highest BCUT2D eigenvalue weighted by Crippen LogP contribution is 2.40. The van der Waals surface area contributed by atoms with Crippen LogP contribution < -0.4 is 11.0 Å². The zero-order chi connectivity index (χ0) is 19.9. The Morgan fingerprint density at radius 1 is 1.30 bits per heavy atom. The van der Waals surface area contributed by atoms with Crippen molar-refractivity contribution in [2.24, 2.45) is 0 Å². The second kappa shape index (κ2) is 6.70. The third kappa shape index (κ3) is 2.76. The van der Waals surface area contributed by atoms with Crippen LogP contribution >= 0.6 is 0 Å². The monoisotopic (exact) mass is 389 g/mol. The summed E-state index contributed by atoms with van der Waals surface area (Å²) in [5.41, 5.74) is 5.16. The zero-order valence-electron chi connectivity index (χ0n) is 15.3. The Hall–Kier alpha value is -2.87. The molecular weight excluding hydrogens is 370 g/mol. The van der Waals surface area contributed by atoms with Crippen molar-refractivity contribution in [1.82, 2.24) is 15.3 Å². The van der Waals surface area contributed by atoms with Crippen LogP contribution in [0.25, 0.3) is 16.8 Å². The van der Waals surface area contributed by atoms with Crippen LogP contribution in [-0.4, -0.2) is 31.2 Å². The van der Waals surface area contributed by atoms with Gasteiger partial charge in [0.25, 0.3) is 5.56 Å². The SMILES string of the molecule is CCn1[nH]cc(-c2cc(C)c3c(c2C)C(NOC)=CC(=C=O)S3(=O)=O)c1=O. The molecule has 0 radical (unpaired) electrons. The molecule has 0 bridgehead atoms. The predicted octanol–water partition coefficient (Wildman–Crippen LogP) is 1.47. The molecule has 0 saturated heterocycles. The largest absolute Gasteiger partial charge is 0.302 e. The highest BCUT2D eigenvalue weighted by molar-refractivity contribution is 7.96. The fourth-order valence-electron chi connectivity index (χ4n) is 3.34. The van der Waals surface area contributed by atoms with Crippen molar-refractivity contribution in [3.8, 4) is 11.1 Å². The summed E-state index contributed by atoms with van der Waals surface area (Å²) < 4.78 is 27.1. The highest BCUT2D eigenvalue weighted by Gasteiger charge is 2.34. The lowest BCUT2D eigenvalue weighted by Crippen LogP contribution is -2.22. The van der Waals surface area contributed by atoms with Crippen molar-refractivity contribution in [2.75, 3.05) is 7.11 Å². The van der Waals surface area contributed by atoms with Gasteiger partial charge in [0.2, 0.25) is 9.84 Å². The van der Waals surface area contributed by atoms with E-state index in [4.69, 9.17) is 4.84 Å². The van der Waals surface area contributed by atoms with E-state index in [2.05, 4.69) is 10.6 Å². The number of H-pyrrole nitrogens is 1. The van der Waals surface area contributed by atoms with E-state index in [1.54, 1.807) is 26.1 Å². The molecule has 2 heterocycles. The number of benzene rings is 1. The molecular formula is C18H19N3O5S. The summed E-state index contributed by atoms with van der Waals surface area (Å²) in [6, 6.07) is 1.65. The van der Waals surface area contributed by atoms with Gasteiger partial charge in [0.05, 0.1) is 23.3 Å². The van der Waals surface area contributed by atoms with Crippen LogP contribution in [0.3, 0.4) is 0 Å². The van der Waals surface area contributed by atoms with Crippen LogP contribution in [0.2, 0.25) is 0 Å². The summed E-state index contributed by atoms with van der Waals surface area (Å²) in [6.07, 6.45) is 2.78. The maximum atomic E-state index is 12.8. The first-order valence-corrected chi connectivity index (χ1v) is 9.70. The van der Waals surface area contributed by atoms with Gasteiger partial charge >= 0.3 is 0 Å². The topological polar surface area (TPSA) is 110 Å². The average Bonchev–Trinajstić information content (AvgIpc) is 2.99. The number of nitrogens with zero attached hydrogens (tertiary/aromatic N) is 1. The third-order valence-corrected chi connectivity index (χ3v) is 6.43. The van der Waals surface area contributed by atoms with Gasteiger partial charge in [-0.3, -0.25) is 19.8 Å². The number of hydrogen-bond acceptors (Lipinski definition) is 6. The summed E-state index contributed by atoms with van der Waals surface area (Å²) >= 11 is 0. The van der Waals surface area contributed by atoms with Gasteiger partial charge in [-0.05, 0) is 49.6 Å². The molecule has 0 spiro atoms. The molecule has 142 valence electrons. The maximum absolute atomic E-state index is 12.8. The standard InChI is InChI=1S/C18H19N3O5S/c1-5-21-18(23)14(8-19-21)13-6-10(2)17-16(11(13)3)15(20-26-4)7-12(9-22)27(17,24)25/h6-8,19-20H,5H2,1-4H3. The first-order chi connectivity index (χ1) is 12.8. The number of aromatic nitrogens is 2. The summed E-state index contributed by atoms with van der Waals surface area (Å²) in [7, 11) is -2.63. The molecule has 1 aliphatic rings. The van der Waals surface area contributed by atoms with E-state index >= 15 is 0 Å². The lowest BCUT2D eigenvalue weighted by atomic mass is 9.93. The molecule has 0 amide bonds. The Labute approximate surface area is 156 Å². The van der Waals surface area contributed by atoms with E-state index in [1.165, 1.54) is 23.8 Å². The first kappa shape index (κ1) is 18.9. The number of hydroxylamine groups is 1. The fourth-order valence-corrected chi connectivity index (χ4v) is 4.96. The van der Waals surface area contributed by atoms with E-state index in [0.717, 1.165) is 0 Å². The number of hydrogen-bond donors (Lipinski definition) is 2. The number of fused-ring (bicyclic) bond motifs is 1. The second-order valence-electron chi connectivity index (χ2n) is 6.14. The third-order valence-electron chi connectivity index (χ3n) is 4.59. The number of sulfone groups is 1. The van der Waals surface area contributed by atoms with Gasteiger partial charge in [-0.15, -0.1) is 0 Å². The van der Waals surface area contributed by atoms with Crippen molar-refractivity contribution in [1.29, 1.82) is 0 Å². The molecule has 2 aromatic rings. The van der Waals surface area contributed by atoms with Crippen LogP contribution in [0, 0.1) is 13.8 Å². The minimum absolute atomic E-state index is 0.00972. The second-order valence-corrected chi connectivity index (χ2v) is 8.00. The lowest BCUT2D eigenvalue weighted by molar-refractivity contribution is 0.136. The van der Waals surface area contributed by atoms with E-state index in [-0.39, 0.29) is 10.5 Å². The van der Waals surface area contributed by atoms with Crippen molar-refractivity contribution < 1.29 is 18.0 Å². The molecule has 0 saturated carbocycles. The van der Waals surface area contributed by atoms with Crippen molar-refractivity contribution in [3.05, 3.63) is 50.3 Å². The van der Waals surface area contributed by atoms with Crippen LogP contribution in [0.4, 0.5) is 0 Å². The van der Waals surface area contributed by atoms with E-state index < -0.39 is 14.7 Å². The molecule has 0 aliphatic carbocycles. The van der Waals surface area contributed by atoms with Crippen LogP contribution in [-0.2, 0) is 26.0 Å². The Morgan fingerprint density at radius 3 is 2.56 bits per heavy atom. The number of rotatable bonds is 4. The molecule has 3 rings (SSSR count). The zero-order valence-corrected chi connectivity index (χ0v) is 16.2. The highest BCUT2D eigenvalue weighted by atomic mass is 32.2. The van der Waals surface area contributed by atoms with Crippen molar-refractivity contribution in [2.45, 2.75) is 32.2 Å². The molecule has 9 heteroatoms.